The maximum Gasteiger partial charge on any atom is 0.241 e. The van der Waals surface area contributed by atoms with Crippen LogP contribution in [0.5, 0.6) is 11.6 Å². The van der Waals surface area contributed by atoms with Gasteiger partial charge in [-0.05, 0) is 24.6 Å². The van der Waals surface area contributed by atoms with Gasteiger partial charge in [-0.2, -0.15) is 4.98 Å². The Morgan fingerprint density at radius 3 is 2.75 bits per heavy atom. The Morgan fingerprint density at radius 2 is 2.05 bits per heavy atom. The highest BCUT2D eigenvalue weighted by molar-refractivity contribution is 7.18. The molecule has 0 saturated heterocycles. The van der Waals surface area contributed by atoms with E-state index in [1.54, 1.807) is 11.3 Å². The quantitative estimate of drug-likeness (QED) is 0.568. The minimum absolute atomic E-state index is 0.355. The van der Waals surface area contributed by atoms with Crippen LogP contribution < -0.4 is 16.0 Å². The number of fused-ring (bicyclic) bond motifs is 1. The van der Waals surface area contributed by atoms with Crippen molar-refractivity contribution < 1.29 is 4.74 Å². The van der Waals surface area contributed by atoms with Crippen molar-refractivity contribution in [2.24, 2.45) is 5.84 Å². The van der Waals surface area contributed by atoms with E-state index < -0.39 is 0 Å². The molecule has 0 spiro atoms. The second kappa shape index (κ2) is 5.44. The summed E-state index contributed by atoms with van der Waals surface area (Å²) in [5.74, 6) is 7.03. The molecule has 2 aromatic heterocycles. The van der Waals surface area contributed by atoms with Crippen LogP contribution in [0.1, 0.15) is 11.8 Å². The van der Waals surface area contributed by atoms with Crippen molar-refractivity contribution in [2.75, 3.05) is 5.43 Å². The summed E-state index contributed by atoms with van der Waals surface area (Å²) in [5.41, 5.74) is 2.48. The molecule has 6 heteroatoms. The molecule has 0 amide bonds. The Labute approximate surface area is 120 Å². The van der Waals surface area contributed by atoms with E-state index in [4.69, 9.17) is 10.6 Å². The van der Waals surface area contributed by atoms with Gasteiger partial charge in [0.05, 0.1) is 5.39 Å². The Kier molecular flexibility index (Phi) is 3.49. The van der Waals surface area contributed by atoms with Crippen molar-refractivity contribution in [3.05, 3.63) is 41.3 Å². The molecule has 102 valence electrons. The van der Waals surface area contributed by atoms with Crippen LogP contribution in [-0.4, -0.2) is 9.97 Å². The molecule has 0 atom stereocenters. The van der Waals surface area contributed by atoms with Crippen LogP contribution in [0.2, 0.25) is 0 Å². The molecule has 20 heavy (non-hydrogen) atoms. The maximum absolute atomic E-state index is 5.85. The number of rotatable bonds is 4. The predicted octanol–water partition coefficient (Wildman–Crippen LogP) is 3.33. The van der Waals surface area contributed by atoms with E-state index >= 15 is 0 Å². The third-order valence-electron chi connectivity index (χ3n) is 2.84. The molecular weight excluding hydrogens is 272 g/mol. The number of hydrogen-bond acceptors (Lipinski definition) is 6. The first kappa shape index (κ1) is 12.8. The smallest absolute Gasteiger partial charge is 0.241 e. The highest BCUT2D eigenvalue weighted by Gasteiger charge is 2.12. The molecule has 0 fully saturated rings. The van der Waals surface area contributed by atoms with Crippen LogP contribution in [-0.2, 0) is 6.42 Å². The lowest BCUT2D eigenvalue weighted by molar-refractivity contribution is 0.469. The first-order valence-corrected chi connectivity index (χ1v) is 7.11. The molecule has 3 rings (SSSR count). The number of nitrogens with zero attached hydrogens (tertiary/aromatic N) is 2. The molecule has 0 unspecified atom stereocenters. The van der Waals surface area contributed by atoms with Crippen LogP contribution in [0.15, 0.2) is 36.4 Å². The van der Waals surface area contributed by atoms with Crippen molar-refractivity contribution in [3.63, 3.8) is 0 Å². The number of thiophene rings is 1. The number of nitrogens with two attached hydrogens (primary N) is 1. The van der Waals surface area contributed by atoms with Gasteiger partial charge in [-0.25, -0.2) is 10.8 Å². The van der Waals surface area contributed by atoms with E-state index in [0.29, 0.717) is 11.8 Å². The third kappa shape index (κ3) is 2.43. The standard InChI is InChI=1S/C14H14N4OS/c1-2-10-8-11-12(19-9-6-4-3-5-7-9)16-14(18-15)17-13(11)20-10/h3-8H,2,15H2,1H3,(H,16,17,18). The second-order valence-corrected chi connectivity index (χ2v) is 5.31. The zero-order chi connectivity index (χ0) is 13.9. The van der Waals surface area contributed by atoms with Crippen molar-refractivity contribution in [3.8, 4) is 11.6 Å². The number of hydrogen-bond donors (Lipinski definition) is 2. The molecule has 0 saturated carbocycles. The van der Waals surface area contributed by atoms with Gasteiger partial charge in [-0.15, -0.1) is 11.3 Å². The summed E-state index contributed by atoms with van der Waals surface area (Å²) in [4.78, 5) is 10.8. The summed E-state index contributed by atoms with van der Waals surface area (Å²) in [6.07, 6.45) is 0.956. The maximum atomic E-state index is 5.85. The number of nitrogens with one attached hydrogen (secondary N) is 1. The topological polar surface area (TPSA) is 73.1 Å². The molecule has 0 aliphatic heterocycles. The highest BCUT2D eigenvalue weighted by atomic mass is 32.1. The lowest BCUT2D eigenvalue weighted by Crippen LogP contribution is -2.10. The minimum atomic E-state index is 0.355. The summed E-state index contributed by atoms with van der Waals surface area (Å²) in [6, 6.07) is 11.6. The molecule has 2 heterocycles. The van der Waals surface area contributed by atoms with Crippen LogP contribution in [0.3, 0.4) is 0 Å². The normalized spacial score (nSPS) is 10.7. The Balaban J connectivity index is 2.09. The van der Waals surface area contributed by atoms with Gasteiger partial charge >= 0.3 is 0 Å². The van der Waals surface area contributed by atoms with E-state index in [0.717, 1.165) is 22.4 Å². The first-order chi connectivity index (χ1) is 9.80. The SMILES string of the molecule is CCc1cc2c(Oc3ccccc3)nc(NN)nc2s1. The Morgan fingerprint density at radius 1 is 1.25 bits per heavy atom. The number of ether oxygens (including phenoxy) is 1. The average Bonchev–Trinajstić information content (AvgIpc) is 2.91. The van der Waals surface area contributed by atoms with Crippen molar-refractivity contribution >= 4 is 27.5 Å². The van der Waals surface area contributed by atoms with Crippen molar-refractivity contribution in [2.45, 2.75) is 13.3 Å². The second-order valence-electron chi connectivity index (χ2n) is 4.20. The van der Waals surface area contributed by atoms with E-state index in [1.165, 1.54) is 4.88 Å². The van der Waals surface area contributed by atoms with Gasteiger partial charge in [0, 0.05) is 4.88 Å². The molecule has 5 nitrogen and oxygen atoms in total. The van der Waals surface area contributed by atoms with Gasteiger partial charge < -0.3 is 4.74 Å². The molecule has 1 aromatic carbocycles. The van der Waals surface area contributed by atoms with E-state index in [1.807, 2.05) is 30.3 Å². The summed E-state index contributed by atoms with van der Waals surface area (Å²) in [5, 5.41) is 0.912. The van der Waals surface area contributed by atoms with Gasteiger partial charge in [-0.1, -0.05) is 25.1 Å². The zero-order valence-electron chi connectivity index (χ0n) is 11.0. The number of anilines is 1. The third-order valence-corrected chi connectivity index (χ3v) is 4.02. The molecule has 0 bridgehead atoms. The van der Waals surface area contributed by atoms with Crippen LogP contribution in [0.4, 0.5) is 5.95 Å². The molecule has 0 aliphatic rings. The summed E-state index contributed by atoms with van der Waals surface area (Å²) in [6.45, 7) is 2.11. The van der Waals surface area contributed by atoms with Gasteiger partial charge in [0.2, 0.25) is 11.8 Å². The fourth-order valence-electron chi connectivity index (χ4n) is 1.86. The molecular formula is C14H14N4OS. The number of para-hydroxylation sites is 1. The minimum Gasteiger partial charge on any atom is -0.438 e. The first-order valence-electron chi connectivity index (χ1n) is 6.30. The Hall–Kier alpha value is -2.18. The highest BCUT2D eigenvalue weighted by Crippen LogP contribution is 2.33. The average molecular weight is 286 g/mol. The van der Waals surface area contributed by atoms with E-state index in [9.17, 15) is 0 Å². The van der Waals surface area contributed by atoms with Gasteiger partial charge in [0.1, 0.15) is 10.6 Å². The van der Waals surface area contributed by atoms with Crippen LogP contribution in [0.25, 0.3) is 10.2 Å². The fourth-order valence-corrected chi connectivity index (χ4v) is 2.82. The number of aromatic nitrogens is 2. The lowest BCUT2D eigenvalue weighted by Gasteiger charge is -2.07. The fraction of sp³-hybridized carbons (Fsp3) is 0.143. The van der Waals surface area contributed by atoms with Crippen LogP contribution >= 0.6 is 11.3 Å². The number of benzene rings is 1. The summed E-state index contributed by atoms with van der Waals surface area (Å²) >= 11 is 1.62. The van der Waals surface area contributed by atoms with E-state index in [2.05, 4.69) is 28.4 Å². The van der Waals surface area contributed by atoms with Gasteiger partial charge in [0.25, 0.3) is 0 Å². The van der Waals surface area contributed by atoms with E-state index in [-0.39, 0.29) is 0 Å². The zero-order valence-corrected chi connectivity index (χ0v) is 11.8. The molecule has 3 aromatic rings. The van der Waals surface area contributed by atoms with Crippen LogP contribution in [0, 0.1) is 0 Å². The number of nitrogen functional groups attached to an aromatic ring is 1. The lowest BCUT2D eigenvalue weighted by atomic mass is 10.3. The van der Waals surface area contributed by atoms with Crippen molar-refractivity contribution in [1.29, 1.82) is 0 Å². The Bertz CT molecular complexity index is 727. The molecule has 0 radical (unpaired) electrons. The van der Waals surface area contributed by atoms with Gasteiger partial charge in [0.15, 0.2) is 0 Å². The monoisotopic (exact) mass is 286 g/mol. The number of aryl methyl sites for hydroxylation is 1. The predicted molar refractivity (Wildman–Crippen MR) is 81.1 cm³/mol. The van der Waals surface area contributed by atoms with Crippen molar-refractivity contribution in [1.82, 2.24) is 9.97 Å². The van der Waals surface area contributed by atoms with Gasteiger partial charge in [-0.3, -0.25) is 5.43 Å². The summed E-state index contributed by atoms with van der Waals surface area (Å²) < 4.78 is 5.85. The summed E-state index contributed by atoms with van der Waals surface area (Å²) in [7, 11) is 0. The number of hydrazine groups is 1. The largest absolute Gasteiger partial charge is 0.438 e. The molecule has 0 aliphatic carbocycles. The molecule has 3 N–H and O–H groups in total.